The van der Waals surface area contributed by atoms with Crippen molar-refractivity contribution in [1.82, 2.24) is 9.62 Å². The van der Waals surface area contributed by atoms with Gasteiger partial charge in [-0.25, -0.2) is 8.78 Å². The van der Waals surface area contributed by atoms with Crippen LogP contribution in [-0.2, 0) is 10.2 Å². The van der Waals surface area contributed by atoms with Gasteiger partial charge < -0.3 is 15.7 Å². The van der Waals surface area contributed by atoms with E-state index in [2.05, 4.69) is 15.4 Å². The van der Waals surface area contributed by atoms with E-state index in [1.807, 2.05) is 0 Å². The summed E-state index contributed by atoms with van der Waals surface area (Å²) < 4.78 is 57.5. The summed E-state index contributed by atoms with van der Waals surface area (Å²) in [5.74, 6) is -2.35. The molecule has 2 aromatic rings. The first kappa shape index (κ1) is 22.7. The fourth-order valence-corrected chi connectivity index (χ4v) is 4.73. The molecule has 2 aromatic carbocycles. The van der Waals surface area contributed by atoms with E-state index in [0.717, 1.165) is 12.5 Å². The number of nitrogens with zero attached hydrogens (tertiary/aromatic N) is 1. The van der Waals surface area contributed by atoms with Crippen LogP contribution in [0.15, 0.2) is 36.4 Å². The third kappa shape index (κ3) is 5.58. The average Bonchev–Trinajstić information content (AvgIpc) is 2.71. The van der Waals surface area contributed by atoms with Crippen LogP contribution in [0.4, 0.5) is 25.8 Å². The van der Waals surface area contributed by atoms with Crippen molar-refractivity contribution in [3.05, 3.63) is 53.1 Å². The molecule has 0 amide bonds. The van der Waals surface area contributed by atoms with Crippen LogP contribution in [0.2, 0.25) is 5.02 Å². The molecule has 1 unspecified atom stereocenters. The molecule has 0 radical (unpaired) electrons. The second kappa shape index (κ2) is 9.88. The highest BCUT2D eigenvalue weighted by Crippen LogP contribution is 2.30. The molecular formula is C19H23ClF2N4O3S. The first-order chi connectivity index (χ1) is 14.3. The topological polar surface area (TPSA) is 93.7 Å². The fraction of sp³-hybridized carbons (Fsp3) is 0.368. The van der Waals surface area contributed by atoms with Gasteiger partial charge in [-0.05, 0) is 31.0 Å². The standard InChI is InChI=1S/C19H23ClF2N4O3S/c20-15-5-1-2-6-17(15)24-18-11-14(10-16(21)19(18)22)25-30(28,29)26-8-3-4-13(12-26)23-7-9-27/h1-2,5-6,10-11,13,23-25,27H,3-4,7-9,12H2. The van der Waals surface area contributed by atoms with E-state index in [0.29, 0.717) is 30.2 Å². The number of hydrogen-bond acceptors (Lipinski definition) is 5. The third-order valence-corrected chi connectivity index (χ3v) is 6.52. The van der Waals surface area contributed by atoms with Gasteiger partial charge in [0.05, 0.1) is 28.7 Å². The first-order valence-electron chi connectivity index (χ1n) is 9.43. The molecule has 1 fully saturated rings. The number of rotatable bonds is 8. The Kier molecular flexibility index (Phi) is 7.48. The molecule has 1 saturated heterocycles. The summed E-state index contributed by atoms with van der Waals surface area (Å²) >= 11 is 6.05. The summed E-state index contributed by atoms with van der Waals surface area (Å²) in [5, 5.41) is 15.0. The van der Waals surface area contributed by atoms with Gasteiger partial charge in [0, 0.05) is 31.7 Å². The minimum absolute atomic E-state index is 0.0441. The van der Waals surface area contributed by atoms with Crippen molar-refractivity contribution < 1.29 is 22.3 Å². The van der Waals surface area contributed by atoms with Crippen LogP contribution in [0, 0.1) is 11.6 Å². The summed E-state index contributed by atoms with van der Waals surface area (Å²) in [6.07, 6.45) is 1.42. The number of anilines is 3. The maximum Gasteiger partial charge on any atom is 0.301 e. The van der Waals surface area contributed by atoms with Crippen LogP contribution >= 0.6 is 11.6 Å². The molecule has 1 aliphatic heterocycles. The maximum absolute atomic E-state index is 14.3. The molecule has 1 heterocycles. The SMILES string of the molecule is O=S(=O)(Nc1cc(F)c(F)c(Nc2ccccc2Cl)c1)N1CCCC(NCCO)C1. The minimum atomic E-state index is -3.98. The molecular weight excluding hydrogens is 438 g/mol. The second-order valence-corrected chi connectivity index (χ2v) is 8.98. The van der Waals surface area contributed by atoms with E-state index >= 15 is 0 Å². The van der Waals surface area contributed by atoms with E-state index in [1.165, 1.54) is 10.4 Å². The molecule has 30 heavy (non-hydrogen) atoms. The Morgan fingerprint density at radius 2 is 1.97 bits per heavy atom. The van der Waals surface area contributed by atoms with Crippen LogP contribution < -0.4 is 15.4 Å². The molecule has 0 aliphatic carbocycles. The average molecular weight is 461 g/mol. The van der Waals surface area contributed by atoms with Gasteiger partial charge in [0.1, 0.15) is 0 Å². The molecule has 0 spiro atoms. The lowest BCUT2D eigenvalue weighted by Crippen LogP contribution is -2.50. The molecule has 11 heteroatoms. The summed E-state index contributed by atoms with van der Waals surface area (Å²) in [5.41, 5.74) is -0.0119. The number of halogens is 3. The van der Waals surface area contributed by atoms with Gasteiger partial charge in [-0.3, -0.25) is 4.72 Å². The van der Waals surface area contributed by atoms with Crippen molar-refractivity contribution in [2.45, 2.75) is 18.9 Å². The number of aliphatic hydroxyl groups is 1. The molecule has 0 saturated carbocycles. The van der Waals surface area contributed by atoms with Crippen LogP contribution in [0.3, 0.4) is 0 Å². The van der Waals surface area contributed by atoms with E-state index in [-0.39, 0.29) is 30.6 Å². The summed E-state index contributed by atoms with van der Waals surface area (Å²) in [7, 11) is -3.98. The number of hydrogen-bond donors (Lipinski definition) is 4. The van der Waals surface area contributed by atoms with Gasteiger partial charge in [0.15, 0.2) is 11.6 Å². The molecule has 7 nitrogen and oxygen atoms in total. The van der Waals surface area contributed by atoms with E-state index < -0.39 is 21.8 Å². The van der Waals surface area contributed by atoms with Gasteiger partial charge in [-0.2, -0.15) is 12.7 Å². The zero-order chi connectivity index (χ0) is 21.7. The van der Waals surface area contributed by atoms with Crippen LogP contribution in [0.25, 0.3) is 0 Å². The highest BCUT2D eigenvalue weighted by molar-refractivity contribution is 7.90. The van der Waals surface area contributed by atoms with Gasteiger partial charge in [0.2, 0.25) is 0 Å². The van der Waals surface area contributed by atoms with Crippen LogP contribution in [0.5, 0.6) is 0 Å². The Hall–Kier alpha value is -1.98. The van der Waals surface area contributed by atoms with Gasteiger partial charge in [-0.15, -0.1) is 0 Å². The number of benzene rings is 2. The molecule has 0 aromatic heterocycles. The Bertz CT molecular complexity index is 994. The fourth-order valence-electron chi connectivity index (χ4n) is 3.26. The third-order valence-electron chi connectivity index (χ3n) is 4.69. The van der Waals surface area contributed by atoms with Crippen molar-refractivity contribution >= 4 is 38.9 Å². The minimum Gasteiger partial charge on any atom is -0.395 e. The Labute approximate surface area is 179 Å². The molecule has 164 valence electrons. The highest BCUT2D eigenvalue weighted by Gasteiger charge is 2.29. The number of nitrogens with one attached hydrogen (secondary N) is 3. The molecule has 1 atom stereocenters. The van der Waals surface area contributed by atoms with E-state index in [4.69, 9.17) is 16.7 Å². The lowest BCUT2D eigenvalue weighted by atomic mass is 10.1. The Balaban J connectivity index is 1.78. The van der Waals surface area contributed by atoms with Gasteiger partial charge in [0.25, 0.3) is 0 Å². The zero-order valence-corrected chi connectivity index (χ0v) is 17.6. The lowest BCUT2D eigenvalue weighted by molar-refractivity contribution is 0.249. The number of aliphatic hydroxyl groups excluding tert-OH is 1. The van der Waals surface area contributed by atoms with Crippen molar-refractivity contribution in [1.29, 1.82) is 0 Å². The van der Waals surface area contributed by atoms with Crippen LogP contribution in [0.1, 0.15) is 12.8 Å². The molecule has 3 rings (SSSR count). The predicted octanol–water partition coefficient (Wildman–Crippen LogP) is 3.06. The normalized spacial score (nSPS) is 17.7. The van der Waals surface area contributed by atoms with Crippen molar-refractivity contribution in [2.75, 3.05) is 36.3 Å². The van der Waals surface area contributed by atoms with Crippen LogP contribution in [-0.4, -0.2) is 50.1 Å². The Morgan fingerprint density at radius 3 is 2.70 bits per heavy atom. The lowest BCUT2D eigenvalue weighted by Gasteiger charge is -2.32. The maximum atomic E-state index is 14.3. The smallest absolute Gasteiger partial charge is 0.301 e. The molecule has 0 bridgehead atoms. The van der Waals surface area contributed by atoms with Gasteiger partial charge in [-0.1, -0.05) is 23.7 Å². The largest absolute Gasteiger partial charge is 0.395 e. The second-order valence-electron chi connectivity index (χ2n) is 6.91. The summed E-state index contributed by atoms with van der Waals surface area (Å²) in [6.45, 7) is 0.842. The van der Waals surface area contributed by atoms with E-state index in [9.17, 15) is 17.2 Å². The number of para-hydroxylation sites is 1. The van der Waals surface area contributed by atoms with Crippen molar-refractivity contribution in [3.63, 3.8) is 0 Å². The van der Waals surface area contributed by atoms with Crippen molar-refractivity contribution in [3.8, 4) is 0 Å². The summed E-state index contributed by atoms with van der Waals surface area (Å²) in [4.78, 5) is 0. The Morgan fingerprint density at radius 1 is 1.20 bits per heavy atom. The highest BCUT2D eigenvalue weighted by atomic mass is 35.5. The molecule has 4 N–H and O–H groups in total. The monoisotopic (exact) mass is 460 g/mol. The van der Waals surface area contributed by atoms with Crippen molar-refractivity contribution in [2.24, 2.45) is 0 Å². The van der Waals surface area contributed by atoms with E-state index in [1.54, 1.807) is 24.3 Å². The van der Waals surface area contributed by atoms with Gasteiger partial charge >= 0.3 is 10.2 Å². The summed E-state index contributed by atoms with van der Waals surface area (Å²) in [6, 6.07) is 8.40. The number of piperidine rings is 1. The molecule has 1 aliphatic rings. The first-order valence-corrected chi connectivity index (χ1v) is 11.2. The predicted molar refractivity (Wildman–Crippen MR) is 113 cm³/mol. The zero-order valence-electron chi connectivity index (χ0n) is 16.0. The quantitative estimate of drug-likeness (QED) is 0.486.